The Hall–Kier alpha value is -1.41. The van der Waals surface area contributed by atoms with E-state index in [1.54, 1.807) is 0 Å². The molecule has 2 nitrogen and oxygen atoms in total. The van der Waals surface area contributed by atoms with Crippen LogP contribution >= 0.6 is 0 Å². The fraction of sp³-hybridized carbons (Fsp3) is 0.438. The number of rotatable bonds is 1. The summed E-state index contributed by atoms with van der Waals surface area (Å²) in [6.07, 6.45) is 8.28. The molecule has 1 aromatic carbocycles. The zero-order valence-electron chi connectivity index (χ0n) is 10.6. The number of aromatic nitrogens is 1. The summed E-state index contributed by atoms with van der Waals surface area (Å²) < 4.78 is 0. The molecule has 18 heavy (non-hydrogen) atoms. The Labute approximate surface area is 108 Å². The third kappa shape index (κ3) is 2.01. The highest BCUT2D eigenvalue weighted by Crippen LogP contribution is 2.38. The van der Waals surface area contributed by atoms with E-state index in [1.165, 1.54) is 12.8 Å². The molecule has 1 aromatic heterocycles. The lowest BCUT2D eigenvalue weighted by molar-refractivity contribution is 0.0222. The van der Waals surface area contributed by atoms with Gasteiger partial charge in [-0.2, -0.15) is 0 Å². The highest BCUT2D eigenvalue weighted by atomic mass is 16.3. The van der Waals surface area contributed by atoms with E-state index in [-0.39, 0.29) is 0 Å². The highest BCUT2D eigenvalue weighted by molar-refractivity contribution is 5.82. The van der Waals surface area contributed by atoms with Gasteiger partial charge in [0.2, 0.25) is 0 Å². The zero-order chi connectivity index (χ0) is 12.4. The molecule has 0 saturated heterocycles. The van der Waals surface area contributed by atoms with Gasteiger partial charge in [-0.25, -0.2) is 0 Å². The summed E-state index contributed by atoms with van der Waals surface area (Å²) in [6.45, 7) is 0. The molecule has 1 N–H and O–H groups in total. The van der Waals surface area contributed by atoms with Crippen molar-refractivity contribution in [3.63, 3.8) is 0 Å². The van der Waals surface area contributed by atoms with Gasteiger partial charge in [-0.3, -0.25) is 4.98 Å². The van der Waals surface area contributed by atoms with Crippen molar-refractivity contribution < 1.29 is 5.11 Å². The monoisotopic (exact) mass is 241 g/mol. The zero-order valence-corrected chi connectivity index (χ0v) is 10.6. The summed E-state index contributed by atoms with van der Waals surface area (Å²) in [5, 5.41) is 12.1. The standard InChI is InChI=1S/C16H19NO/c18-16(10-3-1-2-4-11-16)14-8-5-9-15-13(14)7-6-12-17-15/h5-9,12,18H,1-4,10-11H2. The maximum atomic E-state index is 11.0. The molecule has 2 heteroatoms. The van der Waals surface area contributed by atoms with Gasteiger partial charge in [0.25, 0.3) is 0 Å². The van der Waals surface area contributed by atoms with Gasteiger partial charge in [0.05, 0.1) is 11.1 Å². The van der Waals surface area contributed by atoms with Crippen LogP contribution in [0.5, 0.6) is 0 Å². The van der Waals surface area contributed by atoms with E-state index in [2.05, 4.69) is 17.1 Å². The van der Waals surface area contributed by atoms with Crippen molar-refractivity contribution in [3.8, 4) is 0 Å². The summed E-state index contributed by atoms with van der Waals surface area (Å²) in [4.78, 5) is 4.38. The first-order valence-electron chi connectivity index (χ1n) is 6.86. The minimum Gasteiger partial charge on any atom is -0.385 e. The first-order valence-corrected chi connectivity index (χ1v) is 6.86. The first-order chi connectivity index (χ1) is 8.80. The molecule has 2 aromatic rings. The third-order valence-electron chi connectivity index (χ3n) is 4.08. The SMILES string of the molecule is OC1(c2cccc3ncccc23)CCCCCC1. The predicted octanol–water partition coefficient (Wildman–Crippen LogP) is 3.78. The Balaban J connectivity index is 2.12. The van der Waals surface area contributed by atoms with Crippen LogP contribution in [0, 0.1) is 0 Å². The predicted molar refractivity (Wildman–Crippen MR) is 73.3 cm³/mol. The van der Waals surface area contributed by atoms with Crippen molar-refractivity contribution in [1.29, 1.82) is 0 Å². The highest BCUT2D eigenvalue weighted by Gasteiger charge is 2.31. The largest absolute Gasteiger partial charge is 0.385 e. The number of hydrogen-bond acceptors (Lipinski definition) is 2. The molecule has 0 bridgehead atoms. The Kier molecular flexibility index (Phi) is 3.04. The molecule has 1 aliphatic carbocycles. The van der Waals surface area contributed by atoms with E-state index in [9.17, 15) is 5.11 Å². The molecule has 1 aliphatic rings. The molecule has 0 aliphatic heterocycles. The molecule has 94 valence electrons. The van der Waals surface area contributed by atoms with E-state index in [1.807, 2.05) is 24.4 Å². The van der Waals surface area contributed by atoms with Crippen LogP contribution in [0.25, 0.3) is 10.9 Å². The normalized spacial score (nSPS) is 19.6. The number of nitrogens with zero attached hydrogens (tertiary/aromatic N) is 1. The summed E-state index contributed by atoms with van der Waals surface area (Å²) >= 11 is 0. The van der Waals surface area contributed by atoms with Crippen LogP contribution in [-0.4, -0.2) is 10.1 Å². The fourth-order valence-corrected chi connectivity index (χ4v) is 3.09. The average Bonchev–Trinajstić information content (AvgIpc) is 2.64. The Morgan fingerprint density at radius 1 is 0.944 bits per heavy atom. The summed E-state index contributed by atoms with van der Waals surface area (Å²) in [6, 6.07) is 10.1. The Morgan fingerprint density at radius 3 is 2.50 bits per heavy atom. The van der Waals surface area contributed by atoms with E-state index < -0.39 is 5.60 Å². The van der Waals surface area contributed by atoms with Gasteiger partial charge in [0.15, 0.2) is 0 Å². The average molecular weight is 241 g/mol. The number of pyridine rings is 1. The van der Waals surface area contributed by atoms with E-state index in [0.29, 0.717) is 0 Å². The van der Waals surface area contributed by atoms with Crippen LogP contribution in [0.2, 0.25) is 0 Å². The van der Waals surface area contributed by atoms with Gasteiger partial charge in [-0.1, -0.05) is 43.9 Å². The molecule has 1 heterocycles. The lowest BCUT2D eigenvalue weighted by atomic mass is 9.84. The molecule has 1 saturated carbocycles. The molecule has 1 fully saturated rings. The Morgan fingerprint density at radius 2 is 1.72 bits per heavy atom. The van der Waals surface area contributed by atoms with Crippen LogP contribution in [0.3, 0.4) is 0 Å². The summed E-state index contributed by atoms with van der Waals surface area (Å²) in [5.74, 6) is 0. The van der Waals surface area contributed by atoms with Crippen molar-refractivity contribution >= 4 is 10.9 Å². The third-order valence-corrected chi connectivity index (χ3v) is 4.08. The van der Waals surface area contributed by atoms with E-state index in [4.69, 9.17) is 0 Å². The van der Waals surface area contributed by atoms with Crippen molar-refractivity contribution in [2.75, 3.05) is 0 Å². The smallest absolute Gasteiger partial charge is 0.0903 e. The van der Waals surface area contributed by atoms with Crippen molar-refractivity contribution in [1.82, 2.24) is 4.98 Å². The summed E-state index contributed by atoms with van der Waals surface area (Å²) in [7, 11) is 0. The molecule has 0 unspecified atom stereocenters. The molecule has 0 amide bonds. The van der Waals surface area contributed by atoms with E-state index >= 15 is 0 Å². The summed E-state index contributed by atoms with van der Waals surface area (Å²) in [5.41, 5.74) is 1.39. The van der Waals surface area contributed by atoms with Crippen molar-refractivity contribution in [2.24, 2.45) is 0 Å². The topological polar surface area (TPSA) is 33.1 Å². The minimum absolute atomic E-state index is 0.654. The van der Waals surface area contributed by atoms with Crippen LogP contribution in [-0.2, 0) is 5.60 Å². The van der Waals surface area contributed by atoms with Gasteiger partial charge in [0, 0.05) is 11.6 Å². The molecular weight excluding hydrogens is 222 g/mol. The molecule has 0 radical (unpaired) electrons. The number of hydrogen-bond donors (Lipinski definition) is 1. The number of fused-ring (bicyclic) bond motifs is 1. The van der Waals surface area contributed by atoms with Crippen LogP contribution in [0.15, 0.2) is 36.5 Å². The Bertz CT molecular complexity index is 536. The lowest BCUT2D eigenvalue weighted by Gasteiger charge is -2.28. The van der Waals surface area contributed by atoms with Gasteiger partial charge >= 0.3 is 0 Å². The maximum Gasteiger partial charge on any atom is 0.0903 e. The van der Waals surface area contributed by atoms with Crippen molar-refractivity contribution in [3.05, 3.63) is 42.1 Å². The maximum absolute atomic E-state index is 11.0. The van der Waals surface area contributed by atoms with Crippen LogP contribution < -0.4 is 0 Å². The second-order valence-electron chi connectivity index (χ2n) is 5.32. The van der Waals surface area contributed by atoms with Gasteiger partial charge in [-0.15, -0.1) is 0 Å². The minimum atomic E-state index is -0.654. The molecular formula is C16H19NO. The van der Waals surface area contributed by atoms with Gasteiger partial charge in [-0.05, 0) is 30.5 Å². The van der Waals surface area contributed by atoms with Gasteiger partial charge in [0.1, 0.15) is 0 Å². The van der Waals surface area contributed by atoms with E-state index in [0.717, 1.165) is 42.1 Å². The van der Waals surface area contributed by atoms with Crippen LogP contribution in [0.4, 0.5) is 0 Å². The first kappa shape index (κ1) is 11.7. The second kappa shape index (κ2) is 4.69. The van der Waals surface area contributed by atoms with Crippen LogP contribution in [0.1, 0.15) is 44.1 Å². The quantitative estimate of drug-likeness (QED) is 0.771. The molecule has 3 rings (SSSR count). The number of aliphatic hydroxyl groups is 1. The lowest BCUT2D eigenvalue weighted by Crippen LogP contribution is -2.25. The fourth-order valence-electron chi connectivity index (χ4n) is 3.09. The second-order valence-corrected chi connectivity index (χ2v) is 5.32. The van der Waals surface area contributed by atoms with Crippen molar-refractivity contribution in [2.45, 2.75) is 44.1 Å². The van der Waals surface area contributed by atoms with Gasteiger partial charge < -0.3 is 5.11 Å². The number of benzene rings is 1. The molecule has 0 atom stereocenters. The molecule has 0 spiro atoms.